The van der Waals surface area contributed by atoms with Gasteiger partial charge in [-0.3, -0.25) is 14.4 Å². The van der Waals surface area contributed by atoms with Crippen molar-refractivity contribution in [3.8, 4) is 0 Å². The number of carbonyl (C=O) groups excluding carboxylic acids is 3. The quantitative estimate of drug-likeness (QED) is 0.579. The van der Waals surface area contributed by atoms with Crippen LogP contribution in [-0.2, 0) is 9.59 Å². The summed E-state index contributed by atoms with van der Waals surface area (Å²) in [5, 5.41) is 8.07. The largest absolute Gasteiger partial charge is 0.355 e. The third-order valence-corrected chi connectivity index (χ3v) is 3.19. The van der Waals surface area contributed by atoms with Crippen molar-refractivity contribution in [3.05, 3.63) is 29.8 Å². The molecule has 0 bridgehead atoms. The van der Waals surface area contributed by atoms with Gasteiger partial charge in [0.05, 0.1) is 11.3 Å². The molecule has 0 radical (unpaired) electrons. The van der Waals surface area contributed by atoms with Crippen LogP contribution < -0.4 is 21.7 Å². The van der Waals surface area contributed by atoms with Crippen LogP contribution in [0.3, 0.4) is 0 Å². The summed E-state index contributed by atoms with van der Waals surface area (Å²) in [4.78, 5) is 35.8. The molecule has 8 heteroatoms. The van der Waals surface area contributed by atoms with Gasteiger partial charge in [-0.05, 0) is 12.1 Å². The van der Waals surface area contributed by atoms with Gasteiger partial charge in [0.2, 0.25) is 11.8 Å². The molecule has 140 valence electrons. The van der Waals surface area contributed by atoms with Crippen LogP contribution in [0.15, 0.2) is 24.3 Å². The first-order chi connectivity index (χ1) is 11.3. The SMILES string of the molecule is CC(C)(C)C(=O)NCCC(=O)Nc1ccccc1C(=O)NCCN.Cl. The lowest BCUT2D eigenvalue weighted by Crippen LogP contribution is -2.36. The number of carbonyl (C=O) groups is 3. The fraction of sp³-hybridized carbons (Fsp3) is 0.471. The maximum atomic E-state index is 12.0. The van der Waals surface area contributed by atoms with Crippen molar-refractivity contribution in [1.29, 1.82) is 0 Å². The molecule has 1 aromatic carbocycles. The minimum Gasteiger partial charge on any atom is -0.355 e. The van der Waals surface area contributed by atoms with Crippen LogP contribution in [0.2, 0.25) is 0 Å². The molecule has 0 spiro atoms. The summed E-state index contributed by atoms with van der Waals surface area (Å²) in [5.74, 6) is -0.683. The highest BCUT2D eigenvalue weighted by Crippen LogP contribution is 2.15. The summed E-state index contributed by atoms with van der Waals surface area (Å²) in [6.45, 7) is 6.35. The number of hydrogen-bond donors (Lipinski definition) is 4. The topological polar surface area (TPSA) is 113 Å². The molecule has 0 saturated carbocycles. The van der Waals surface area contributed by atoms with Crippen LogP contribution in [0, 0.1) is 5.41 Å². The summed E-state index contributed by atoms with van der Waals surface area (Å²) in [6, 6.07) is 6.74. The fourth-order valence-electron chi connectivity index (χ4n) is 1.84. The van der Waals surface area contributed by atoms with Crippen molar-refractivity contribution in [3.63, 3.8) is 0 Å². The number of anilines is 1. The average Bonchev–Trinajstić information content (AvgIpc) is 2.52. The minimum atomic E-state index is -0.496. The lowest BCUT2D eigenvalue weighted by Gasteiger charge is -2.17. The standard InChI is InChI=1S/C17H26N4O3.ClH/c1-17(2,3)16(24)20-10-8-14(22)21-13-7-5-4-6-12(13)15(23)19-11-9-18;/h4-7H,8-11,18H2,1-3H3,(H,19,23)(H,20,24)(H,21,22);1H. The molecule has 5 N–H and O–H groups in total. The molecule has 0 saturated heterocycles. The Morgan fingerprint density at radius 1 is 1.04 bits per heavy atom. The van der Waals surface area contributed by atoms with E-state index in [0.29, 0.717) is 24.3 Å². The van der Waals surface area contributed by atoms with Gasteiger partial charge >= 0.3 is 0 Å². The molecule has 0 atom stereocenters. The Morgan fingerprint density at radius 2 is 1.68 bits per heavy atom. The van der Waals surface area contributed by atoms with Crippen LogP contribution in [0.25, 0.3) is 0 Å². The molecule has 7 nitrogen and oxygen atoms in total. The number of halogens is 1. The first-order valence-electron chi connectivity index (χ1n) is 7.91. The number of nitrogens with two attached hydrogens (primary N) is 1. The monoisotopic (exact) mass is 370 g/mol. The van der Waals surface area contributed by atoms with Gasteiger partial charge in [0, 0.05) is 31.5 Å². The van der Waals surface area contributed by atoms with Crippen LogP contribution in [0.5, 0.6) is 0 Å². The predicted octanol–water partition coefficient (Wildman–Crippen LogP) is 1.29. The number of benzene rings is 1. The minimum absolute atomic E-state index is 0. The summed E-state index contributed by atoms with van der Waals surface area (Å²) < 4.78 is 0. The average molecular weight is 371 g/mol. The maximum absolute atomic E-state index is 12.0. The van der Waals surface area contributed by atoms with Crippen LogP contribution in [-0.4, -0.2) is 37.4 Å². The molecule has 0 aliphatic heterocycles. The van der Waals surface area contributed by atoms with Gasteiger partial charge in [0.1, 0.15) is 0 Å². The van der Waals surface area contributed by atoms with Crippen molar-refractivity contribution in [2.24, 2.45) is 11.1 Å². The van der Waals surface area contributed by atoms with E-state index in [1.807, 2.05) is 0 Å². The van der Waals surface area contributed by atoms with E-state index in [0.717, 1.165) is 0 Å². The lowest BCUT2D eigenvalue weighted by molar-refractivity contribution is -0.128. The summed E-state index contributed by atoms with van der Waals surface area (Å²) in [5.41, 5.74) is 5.67. The third kappa shape index (κ3) is 8.00. The second kappa shape index (κ2) is 10.7. The van der Waals surface area contributed by atoms with Crippen molar-refractivity contribution >= 4 is 35.8 Å². The zero-order valence-electron chi connectivity index (χ0n) is 14.8. The van der Waals surface area contributed by atoms with Crippen molar-refractivity contribution < 1.29 is 14.4 Å². The molecule has 0 aromatic heterocycles. The first kappa shape index (κ1) is 22.9. The molecule has 0 aliphatic rings. The predicted molar refractivity (Wildman–Crippen MR) is 101 cm³/mol. The normalized spacial score (nSPS) is 10.4. The molecule has 0 aliphatic carbocycles. The molecule has 1 rings (SSSR count). The zero-order valence-corrected chi connectivity index (χ0v) is 15.7. The van der Waals surface area contributed by atoms with Gasteiger partial charge in [-0.15, -0.1) is 12.4 Å². The first-order valence-corrected chi connectivity index (χ1v) is 7.91. The molecule has 0 unspecified atom stereocenters. The molecular formula is C17H27ClN4O3. The zero-order chi connectivity index (χ0) is 18.2. The maximum Gasteiger partial charge on any atom is 0.253 e. The molecule has 1 aromatic rings. The van der Waals surface area contributed by atoms with Gasteiger partial charge < -0.3 is 21.7 Å². The van der Waals surface area contributed by atoms with E-state index in [4.69, 9.17) is 5.73 Å². The Kier molecular flexibility index (Phi) is 9.78. The van der Waals surface area contributed by atoms with Crippen molar-refractivity contribution in [1.82, 2.24) is 10.6 Å². The third-order valence-electron chi connectivity index (χ3n) is 3.19. The highest BCUT2D eigenvalue weighted by molar-refractivity contribution is 6.03. The van der Waals surface area contributed by atoms with E-state index in [-0.39, 0.29) is 43.1 Å². The smallest absolute Gasteiger partial charge is 0.253 e. The number of amides is 3. The van der Waals surface area contributed by atoms with Crippen LogP contribution in [0.1, 0.15) is 37.6 Å². The summed E-state index contributed by atoms with van der Waals surface area (Å²) in [6.07, 6.45) is 0.126. The van der Waals surface area contributed by atoms with E-state index in [9.17, 15) is 14.4 Å². The Labute approximate surface area is 154 Å². The molecule has 25 heavy (non-hydrogen) atoms. The highest BCUT2D eigenvalue weighted by Gasteiger charge is 2.20. The fourth-order valence-corrected chi connectivity index (χ4v) is 1.84. The molecule has 3 amide bonds. The van der Waals surface area contributed by atoms with Gasteiger partial charge in [0.15, 0.2) is 0 Å². The second-order valence-electron chi connectivity index (χ2n) is 6.39. The summed E-state index contributed by atoms with van der Waals surface area (Å²) in [7, 11) is 0. The highest BCUT2D eigenvalue weighted by atomic mass is 35.5. The number of rotatable bonds is 7. The van der Waals surface area contributed by atoms with E-state index in [2.05, 4.69) is 16.0 Å². The van der Waals surface area contributed by atoms with Crippen molar-refractivity contribution in [2.45, 2.75) is 27.2 Å². The Balaban J connectivity index is 0.00000576. The number of hydrogen-bond acceptors (Lipinski definition) is 4. The molecule has 0 fully saturated rings. The van der Waals surface area contributed by atoms with Gasteiger partial charge in [-0.2, -0.15) is 0 Å². The van der Waals surface area contributed by atoms with Gasteiger partial charge in [-0.1, -0.05) is 32.9 Å². The van der Waals surface area contributed by atoms with Crippen molar-refractivity contribution in [2.75, 3.05) is 25.0 Å². The number of nitrogens with one attached hydrogen (secondary N) is 3. The molecular weight excluding hydrogens is 344 g/mol. The lowest BCUT2D eigenvalue weighted by atomic mass is 9.96. The van der Waals surface area contributed by atoms with Crippen LogP contribution in [0.4, 0.5) is 5.69 Å². The van der Waals surface area contributed by atoms with E-state index in [1.54, 1.807) is 45.0 Å². The van der Waals surface area contributed by atoms with Crippen LogP contribution >= 0.6 is 12.4 Å². The Hall–Kier alpha value is -2.12. The summed E-state index contributed by atoms with van der Waals surface area (Å²) >= 11 is 0. The van der Waals surface area contributed by atoms with E-state index < -0.39 is 5.41 Å². The number of para-hydroxylation sites is 1. The van der Waals surface area contributed by atoms with Gasteiger partial charge in [-0.25, -0.2) is 0 Å². The van der Waals surface area contributed by atoms with E-state index in [1.165, 1.54) is 0 Å². The second-order valence-corrected chi connectivity index (χ2v) is 6.39. The van der Waals surface area contributed by atoms with Gasteiger partial charge in [0.25, 0.3) is 5.91 Å². The van der Waals surface area contributed by atoms with E-state index >= 15 is 0 Å². The Bertz CT molecular complexity index is 600. The molecule has 0 heterocycles. The Morgan fingerprint density at radius 3 is 2.28 bits per heavy atom.